The van der Waals surface area contributed by atoms with Crippen LogP contribution >= 0.6 is 0 Å². The van der Waals surface area contributed by atoms with Crippen LogP contribution < -0.4 is 0 Å². The first-order valence-electron chi connectivity index (χ1n) is 14.3. The van der Waals surface area contributed by atoms with E-state index < -0.39 is 0 Å². The van der Waals surface area contributed by atoms with E-state index in [4.69, 9.17) is 9.40 Å². The second-order valence-corrected chi connectivity index (χ2v) is 10.9. The SMILES string of the molecule is Fc1ccc(-c2ccc3oc4c(-c5nc6ccccc6n5-c5cccc6ccccc56)cccc4c3c2)c2ccccc12. The minimum atomic E-state index is -0.215. The average Bonchev–Trinajstić information content (AvgIpc) is 3.63. The molecule has 0 N–H and O–H groups in total. The number of rotatable bonds is 3. The van der Waals surface area contributed by atoms with E-state index in [0.29, 0.717) is 5.39 Å². The normalized spacial score (nSPS) is 11.8. The highest BCUT2D eigenvalue weighted by Gasteiger charge is 2.21. The van der Waals surface area contributed by atoms with Gasteiger partial charge in [0.05, 0.1) is 22.3 Å². The van der Waals surface area contributed by atoms with E-state index in [1.54, 1.807) is 6.07 Å². The summed E-state index contributed by atoms with van der Waals surface area (Å²) >= 11 is 0. The van der Waals surface area contributed by atoms with Gasteiger partial charge < -0.3 is 4.42 Å². The van der Waals surface area contributed by atoms with Crippen molar-refractivity contribution < 1.29 is 8.81 Å². The third-order valence-electron chi connectivity index (χ3n) is 8.49. The highest BCUT2D eigenvalue weighted by atomic mass is 19.1. The van der Waals surface area contributed by atoms with Crippen molar-refractivity contribution in [1.82, 2.24) is 9.55 Å². The molecule has 2 aromatic heterocycles. The Labute approximate surface area is 246 Å². The maximum atomic E-state index is 14.6. The van der Waals surface area contributed by atoms with Gasteiger partial charge in [-0.2, -0.15) is 0 Å². The number of nitrogens with zero attached hydrogens (tertiary/aromatic N) is 2. The van der Waals surface area contributed by atoms with E-state index in [1.807, 2.05) is 42.5 Å². The third-order valence-corrected chi connectivity index (χ3v) is 8.49. The fourth-order valence-electron chi connectivity index (χ4n) is 6.51. The molecule has 4 heteroatoms. The van der Waals surface area contributed by atoms with Crippen LogP contribution in [0.25, 0.3) is 82.7 Å². The molecule has 0 atom stereocenters. The standard InChI is InChI=1S/C39H23FN2O/c40-33-21-20-26(28-12-3-4-13-29(28)33)25-19-22-37-32(23-25)30-14-8-15-31(38(30)43-37)39-41-34-16-5-6-17-36(34)42(39)35-18-7-10-24-9-1-2-11-27(24)35/h1-23H. The van der Waals surface area contributed by atoms with Crippen LogP contribution in [0.1, 0.15) is 0 Å². The zero-order valence-corrected chi connectivity index (χ0v) is 23.0. The maximum Gasteiger partial charge on any atom is 0.149 e. The highest BCUT2D eigenvalue weighted by Crippen LogP contribution is 2.40. The van der Waals surface area contributed by atoms with Gasteiger partial charge in [-0.05, 0) is 64.4 Å². The van der Waals surface area contributed by atoms with Gasteiger partial charge in [0, 0.05) is 21.5 Å². The second-order valence-electron chi connectivity index (χ2n) is 10.9. The number of imidazole rings is 1. The summed E-state index contributed by atoms with van der Waals surface area (Å²) < 4.78 is 23.4. The van der Waals surface area contributed by atoms with Gasteiger partial charge in [0.25, 0.3) is 0 Å². The van der Waals surface area contributed by atoms with Crippen LogP contribution in [0.5, 0.6) is 0 Å². The molecule has 202 valence electrons. The van der Waals surface area contributed by atoms with Crippen molar-refractivity contribution >= 4 is 54.5 Å². The molecule has 43 heavy (non-hydrogen) atoms. The topological polar surface area (TPSA) is 31.0 Å². The number of benzene rings is 7. The fourth-order valence-corrected chi connectivity index (χ4v) is 6.51. The summed E-state index contributed by atoms with van der Waals surface area (Å²) in [6, 6.07) is 46.6. The molecule has 0 saturated carbocycles. The van der Waals surface area contributed by atoms with E-state index in [-0.39, 0.29) is 5.82 Å². The first-order chi connectivity index (χ1) is 21.2. The van der Waals surface area contributed by atoms with Crippen molar-refractivity contribution in [3.63, 3.8) is 0 Å². The number of fused-ring (bicyclic) bond motifs is 6. The molecular formula is C39H23FN2O. The number of aromatic nitrogens is 2. The zero-order valence-electron chi connectivity index (χ0n) is 23.0. The third kappa shape index (κ3) is 3.57. The Balaban J connectivity index is 1.30. The summed E-state index contributed by atoms with van der Waals surface area (Å²) in [5, 5.41) is 5.85. The molecule has 0 spiro atoms. The minimum absolute atomic E-state index is 0.215. The van der Waals surface area contributed by atoms with Gasteiger partial charge in [0.1, 0.15) is 22.8 Å². The summed E-state index contributed by atoms with van der Waals surface area (Å²) in [4.78, 5) is 5.16. The number of para-hydroxylation sites is 3. The summed E-state index contributed by atoms with van der Waals surface area (Å²) in [6.07, 6.45) is 0. The molecular weight excluding hydrogens is 531 g/mol. The van der Waals surface area contributed by atoms with Crippen molar-refractivity contribution in [2.45, 2.75) is 0 Å². The average molecular weight is 555 g/mol. The molecule has 7 aromatic carbocycles. The molecule has 0 aliphatic rings. The van der Waals surface area contributed by atoms with E-state index in [9.17, 15) is 4.39 Å². The highest BCUT2D eigenvalue weighted by molar-refractivity contribution is 6.11. The lowest BCUT2D eigenvalue weighted by molar-refractivity contribution is 0.640. The quantitative estimate of drug-likeness (QED) is 0.217. The van der Waals surface area contributed by atoms with Crippen molar-refractivity contribution in [3.05, 3.63) is 145 Å². The Morgan fingerprint density at radius 3 is 2.23 bits per heavy atom. The maximum absolute atomic E-state index is 14.6. The van der Waals surface area contributed by atoms with E-state index in [1.165, 1.54) is 5.39 Å². The summed E-state index contributed by atoms with van der Waals surface area (Å²) in [5.41, 5.74) is 7.53. The van der Waals surface area contributed by atoms with Crippen molar-refractivity contribution in [3.8, 4) is 28.2 Å². The molecule has 0 amide bonds. The van der Waals surface area contributed by atoms with Crippen LogP contribution in [0.3, 0.4) is 0 Å². The van der Waals surface area contributed by atoms with Gasteiger partial charge in [-0.1, -0.05) is 97.1 Å². The Kier molecular flexibility index (Phi) is 5.08. The molecule has 0 fully saturated rings. The molecule has 0 radical (unpaired) electrons. The van der Waals surface area contributed by atoms with Gasteiger partial charge in [-0.3, -0.25) is 4.57 Å². The number of hydrogen-bond donors (Lipinski definition) is 0. The van der Waals surface area contributed by atoms with Gasteiger partial charge in [0.15, 0.2) is 0 Å². The van der Waals surface area contributed by atoms with Crippen LogP contribution in [0.15, 0.2) is 144 Å². The number of hydrogen-bond acceptors (Lipinski definition) is 2. The fraction of sp³-hybridized carbons (Fsp3) is 0. The van der Waals surface area contributed by atoms with E-state index >= 15 is 0 Å². The van der Waals surface area contributed by atoms with Crippen LogP contribution in [0.4, 0.5) is 4.39 Å². The second kappa shape index (κ2) is 9.13. The Morgan fingerprint density at radius 2 is 1.30 bits per heavy atom. The van der Waals surface area contributed by atoms with Crippen LogP contribution in [0, 0.1) is 5.82 Å². The molecule has 0 unspecified atom stereocenters. The van der Waals surface area contributed by atoms with Gasteiger partial charge >= 0.3 is 0 Å². The lowest BCUT2D eigenvalue weighted by Gasteiger charge is -2.13. The lowest BCUT2D eigenvalue weighted by Crippen LogP contribution is -1.99. The number of halogens is 1. The van der Waals surface area contributed by atoms with Gasteiger partial charge in [-0.15, -0.1) is 0 Å². The summed E-state index contributed by atoms with van der Waals surface area (Å²) in [5.74, 6) is 0.611. The van der Waals surface area contributed by atoms with E-state index in [0.717, 1.165) is 71.9 Å². The molecule has 3 nitrogen and oxygen atoms in total. The first-order valence-corrected chi connectivity index (χ1v) is 14.3. The van der Waals surface area contributed by atoms with E-state index in [2.05, 4.69) is 95.6 Å². The van der Waals surface area contributed by atoms with Gasteiger partial charge in [0.2, 0.25) is 0 Å². The van der Waals surface area contributed by atoms with Crippen molar-refractivity contribution in [1.29, 1.82) is 0 Å². The lowest BCUT2D eigenvalue weighted by atomic mass is 9.96. The van der Waals surface area contributed by atoms with Gasteiger partial charge in [-0.25, -0.2) is 9.37 Å². The van der Waals surface area contributed by atoms with Crippen molar-refractivity contribution in [2.75, 3.05) is 0 Å². The molecule has 0 saturated heterocycles. The summed E-state index contributed by atoms with van der Waals surface area (Å²) in [7, 11) is 0. The minimum Gasteiger partial charge on any atom is -0.455 e. The largest absolute Gasteiger partial charge is 0.455 e. The van der Waals surface area contributed by atoms with Crippen LogP contribution in [0.2, 0.25) is 0 Å². The summed E-state index contributed by atoms with van der Waals surface area (Å²) in [6.45, 7) is 0. The molecule has 9 rings (SSSR count). The predicted octanol–water partition coefficient (Wildman–Crippen LogP) is 10.7. The Morgan fingerprint density at radius 1 is 0.558 bits per heavy atom. The molecule has 0 aliphatic heterocycles. The Bertz CT molecular complexity index is 2530. The first kappa shape index (κ1) is 23.9. The zero-order chi connectivity index (χ0) is 28.5. The molecule has 2 heterocycles. The van der Waals surface area contributed by atoms with Crippen LogP contribution in [-0.2, 0) is 0 Å². The smallest absolute Gasteiger partial charge is 0.149 e. The predicted molar refractivity (Wildman–Crippen MR) is 174 cm³/mol. The monoisotopic (exact) mass is 554 g/mol. The number of furan rings is 1. The molecule has 9 aromatic rings. The molecule has 0 aliphatic carbocycles. The van der Waals surface area contributed by atoms with Crippen molar-refractivity contribution in [2.24, 2.45) is 0 Å². The van der Waals surface area contributed by atoms with Crippen LogP contribution in [-0.4, -0.2) is 9.55 Å². The molecule has 0 bridgehead atoms. The Hall–Kier alpha value is -5.74.